The second-order valence-electron chi connectivity index (χ2n) is 1.39. The molecule has 62 valence electrons. The number of rotatable bonds is 4. The number of unbranched alkanes of at least 4 members (excludes halogenated alkanes) is 4. The van der Waals surface area contributed by atoms with Crippen molar-refractivity contribution in [3.63, 3.8) is 0 Å². The van der Waals surface area contributed by atoms with Gasteiger partial charge in [0.2, 0.25) is 0 Å². The Morgan fingerprint density at radius 2 is 1.33 bits per heavy atom. The zero-order valence-electron chi connectivity index (χ0n) is 6.01. The Morgan fingerprint density at radius 3 is 1.56 bits per heavy atom. The van der Waals surface area contributed by atoms with Crippen molar-refractivity contribution in [2.24, 2.45) is 0 Å². The van der Waals surface area contributed by atoms with Crippen LogP contribution in [-0.2, 0) is 21.1 Å². The number of hydrogen-bond acceptors (Lipinski definition) is 0. The van der Waals surface area contributed by atoms with Crippen LogP contribution in [0.1, 0.15) is 19.3 Å². The summed E-state index contributed by atoms with van der Waals surface area (Å²) in [7, 11) is 0. The molecular weight excluding hydrogens is 291 g/mol. The van der Waals surface area contributed by atoms with Crippen LogP contribution in [0.2, 0.25) is 0 Å². The molecule has 0 unspecified atom stereocenters. The topological polar surface area (TPSA) is 0 Å². The summed E-state index contributed by atoms with van der Waals surface area (Å²) in [5.74, 6) is 0. The van der Waals surface area contributed by atoms with Crippen LogP contribution in [0.3, 0.4) is 0 Å². The molecule has 0 aliphatic rings. The van der Waals surface area contributed by atoms with Gasteiger partial charge in [-0.1, -0.05) is 0 Å². The van der Waals surface area contributed by atoms with Crippen LogP contribution in [0.5, 0.6) is 0 Å². The molecule has 0 heterocycles. The SMILES string of the molecule is [CH2-]C[CH-]C[CH-]C[CH2-].[CH3-].[Pt]. The van der Waals surface area contributed by atoms with E-state index < -0.39 is 0 Å². The molecular formula is C8H15Pt-5. The van der Waals surface area contributed by atoms with E-state index in [1.54, 1.807) is 0 Å². The van der Waals surface area contributed by atoms with Crippen LogP contribution in [0.15, 0.2) is 0 Å². The number of hydrogen-bond donors (Lipinski definition) is 0. The minimum atomic E-state index is 0. The Hall–Kier alpha value is 0.688. The average Bonchev–Trinajstić information content (AvgIpc) is 1.69. The van der Waals surface area contributed by atoms with Gasteiger partial charge in [-0.15, -0.1) is 0 Å². The van der Waals surface area contributed by atoms with E-state index in [1.807, 2.05) is 0 Å². The fraction of sp³-hybridized carbons (Fsp3) is 0.375. The molecule has 0 amide bonds. The van der Waals surface area contributed by atoms with Gasteiger partial charge in [0.15, 0.2) is 0 Å². The van der Waals surface area contributed by atoms with Crippen molar-refractivity contribution in [1.29, 1.82) is 0 Å². The predicted molar refractivity (Wildman–Crippen MR) is 39.6 cm³/mol. The summed E-state index contributed by atoms with van der Waals surface area (Å²) in [6.45, 7) is 7.32. The molecule has 0 N–H and O–H groups in total. The molecule has 0 spiro atoms. The van der Waals surface area contributed by atoms with E-state index >= 15 is 0 Å². The summed E-state index contributed by atoms with van der Waals surface area (Å²) in [6.07, 6.45) is 7.18. The summed E-state index contributed by atoms with van der Waals surface area (Å²) >= 11 is 0. The summed E-state index contributed by atoms with van der Waals surface area (Å²) in [5.41, 5.74) is 0. The van der Waals surface area contributed by atoms with E-state index in [-0.39, 0.29) is 28.5 Å². The summed E-state index contributed by atoms with van der Waals surface area (Å²) in [6, 6.07) is 0. The first kappa shape index (κ1) is 16.3. The van der Waals surface area contributed by atoms with Crippen molar-refractivity contribution in [2.45, 2.75) is 19.3 Å². The van der Waals surface area contributed by atoms with Crippen molar-refractivity contribution in [3.05, 3.63) is 34.1 Å². The van der Waals surface area contributed by atoms with Gasteiger partial charge in [0.1, 0.15) is 0 Å². The van der Waals surface area contributed by atoms with E-state index in [1.165, 1.54) is 0 Å². The fourth-order valence-corrected chi connectivity index (χ4v) is 0.354. The van der Waals surface area contributed by atoms with Crippen LogP contribution < -0.4 is 0 Å². The molecule has 0 fully saturated rings. The van der Waals surface area contributed by atoms with Gasteiger partial charge in [-0.3, -0.25) is 0 Å². The third-order valence-electron chi connectivity index (χ3n) is 0.742. The van der Waals surface area contributed by atoms with Gasteiger partial charge < -0.3 is 53.4 Å². The van der Waals surface area contributed by atoms with Crippen LogP contribution in [0.4, 0.5) is 0 Å². The van der Waals surface area contributed by atoms with Crippen molar-refractivity contribution < 1.29 is 21.1 Å². The van der Waals surface area contributed by atoms with Gasteiger partial charge in [-0.05, 0) is 0 Å². The molecule has 0 aromatic carbocycles. The summed E-state index contributed by atoms with van der Waals surface area (Å²) in [5, 5.41) is 0. The summed E-state index contributed by atoms with van der Waals surface area (Å²) < 4.78 is 0. The molecule has 0 rings (SSSR count). The normalized spacial score (nSPS) is 7.33. The molecule has 0 nitrogen and oxygen atoms in total. The van der Waals surface area contributed by atoms with Crippen molar-refractivity contribution in [2.75, 3.05) is 0 Å². The minimum Gasteiger partial charge on any atom is -0.387 e. The van der Waals surface area contributed by atoms with Crippen LogP contribution in [0, 0.1) is 34.1 Å². The van der Waals surface area contributed by atoms with E-state index in [0.717, 1.165) is 19.3 Å². The zero-order valence-corrected chi connectivity index (χ0v) is 8.28. The molecule has 9 heavy (non-hydrogen) atoms. The molecule has 0 aromatic heterocycles. The van der Waals surface area contributed by atoms with E-state index in [4.69, 9.17) is 0 Å². The molecule has 0 radical (unpaired) electrons. The quantitative estimate of drug-likeness (QED) is 0.553. The predicted octanol–water partition coefficient (Wildman–Crippen LogP) is 2.68. The Balaban J connectivity index is -0.000000180. The maximum Gasteiger partial charge on any atom is 0 e. The van der Waals surface area contributed by atoms with Gasteiger partial charge in [0, 0.05) is 21.1 Å². The average molecular weight is 306 g/mol. The van der Waals surface area contributed by atoms with Gasteiger partial charge in [-0.2, -0.15) is 0 Å². The fourth-order valence-electron chi connectivity index (χ4n) is 0.354. The van der Waals surface area contributed by atoms with Gasteiger partial charge in [0.25, 0.3) is 0 Å². The molecule has 0 atom stereocenters. The van der Waals surface area contributed by atoms with Crippen molar-refractivity contribution >= 4 is 0 Å². The van der Waals surface area contributed by atoms with E-state index in [9.17, 15) is 0 Å². The molecule has 0 saturated carbocycles. The Morgan fingerprint density at radius 1 is 1.00 bits per heavy atom. The maximum absolute atomic E-state index is 3.66. The van der Waals surface area contributed by atoms with Gasteiger partial charge in [-0.25, -0.2) is 0 Å². The molecule has 0 aromatic rings. The van der Waals surface area contributed by atoms with Crippen LogP contribution in [0.25, 0.3) is 0 Å². The van der Waals surface area contributed by atoms with Gasteiger partial charge >= 0.3 is 0 Å². The van der Waals surface area contributed by atoms with E-state index in [0.29, 0.717) is 0 Å². The largest absolute Gasteiger partial charge is 0.387 e. The summed E-state index contributed by atoms with van der Waals surface area (Å²) in [4.78, 5) is 0. The Bertz CT molecular complexity index is 23.7. The van der Waals surface area contributed by atoms with Gasteiger partial charge in [0.05, 0.1) is 0 Å². The molecule has 1 heteroatoms. The second-order valence-corrected chi connectivity index (χ2v) is 1.39. The first-order chi connectivity index (χ1) is 3.41. The Labute approximate surface area is 74.7 Å². The maximum atomic E-state index is 3.66. The second kappa shape index (κ2) is 15.9. The van der Waals surface area contributed by atoms with Crippen molar-refractivity contribution in [3.8, 4) is 0 Å². The zero-order chi connectivity index (χ0) is 5.54. The van der Waals surface area contributed by atoms with Crippen molar-refractivity contribution in [1.82, 2.24) is 0 Å². The minimum absolute atomic E-state index is 0. The molecule has 0 bridgehead atoms. The molecule has 0 saturated heterocycles. The van der Waals surface area contributed by atoms with Crippen LogP contribution in [-0.4, -0.2) is 0 Å². The molecule has 0 aliphatic carbocycles. The smallest absolute Gasteiger partial charge is 0 e. The monoisotopic (exact) mass is 306 g/mol. The first-order valence-corrected chi connectivity index (χ1v) is 2.63. The van der Waals surface area contributed by atoms with Crippen LogP contribution >= 0.6 is 0 Å². The molecule has 0 aliphatic heterocycles. The third-order valence-corrected chi connectivity index (χ3v) is 0.742. The van der Waals surface area contributed by atoms with E-state index in [2.05, 4.69) is 26.7 Å². The first-order valence-electron chi connectivity index (χ1n) is 2.63. The Kier molecular flexibility index (Phi) is 28.8. The third kappa shape index (κ3) is 17.7. The standard InChI is InChI=1S/C7H12.CH3.Pt/c1-3-5-7-6-4-2;;/h5-6H,1-4,7H2;1H3;/q-4;-1;.